The number of rotatable bonds is 3. The Balaban J connectivity index is 2.02. The first-order valence-electron chi connectivity index (χ1n) is 7.03. The first-order chi connectivity index (χ1) is 11.1. The lowest BCUT2D eigenvalue weighted by atomic mass is 9.98. The molecule has 0 radical (unpaired) electrons. The second-order valence-electron chi connectivity index (χ2n) is 5.61. The zero-order valence-corrected chi connectivity index (χ0v) is 12.0. The highest BCUT2D eigenvalue weighted by Gasteiger charge is 2.53. The van der Waals surface area contributed by atoms with Crippen LogP contribution in [0.1, 0.15) is 24.0 Å². The van der Waals surface area contributed by atoms with E-state index in [9.17, 15) is 31.1 Å². The van der Waals surface area contributed by atoms with E-state index in [1.807, 2.05) is 0 Å². The van der Waals surface area contributed by atoms with Crippen LogP contribution >= 0.6 is 0 Å². The third kappa shape index (κ3) is 3.20. The van der Waals surface area contributed by atoms with Crippen molar-refractivity contribution in [1.82, 2.24) is 5.32 Å². The molecule has 1 aliphatic heterocycles. The average Bonchev–Trinajstić information content (AvgIpc) is 3.20. The Morgan fingerprint density at radius 2 is 1.75 bits per heavy atom. The first kappa shape index (κ1) is 16.7. The van der Waals surface area contributed by atoms with Crippen LogP contribution in [-0.2, 0) is 15.7 Å². The Morgan fingerprint density at radius 3 is 2.29 bits per heavy atom. The van der Waals surface area contributed by atoms with Gasteiger partial charge in [0, 0.05) is 6.04 Å². The molecule has 1 aliphatic carbocycles. The molecule has 1 N–H and O–H groups in total. The van der Waals surface area contributed by atoms with Gasteiger partial charge in [-0.3, -0.25) is 4.79 Å². The van der Waals surface area contributed by atoms with Crippen molar-refractivity contribution in [2.24, 2.45) is 0 Å². The van der Waals surface area contributed by atoms with Crippen LogP contribution in [0.3, 0.4) is 0 Å². The summed E-state index contributed by atoms with van der Waals surface area (Å²) >= 11 is 0. The lowest BCUT2D eigenvalue weighted by Gasteiger charge is -2.15. The minimum atomic E-state index is -4.95. The molecule has 24 heavy (non-hydrogen) atoms. The van der Waals surface area contributed by atoms with Gasteiger partial charge in [-0.25, -0.2) is 0 Å². The quantitative estimate of drug-likeness (QED) is 0.845. The number of carbonyl (C=O) groups excluding carboxylic acids is 1. The van der Waals surface area contributed by atoms with Crippen molar-refractivity contribution < 1.29 is 35.9 Å². The fraction of sp³-hybridized carbons (Fsp3) is 0.400. The van der Waals surface area contributed by atoms with Crippen molar-refractivity contribution in [2.45, 2.75) is 37.3 Å². The Kier molecular flexibility index (Phi) is 3.76. The molecule has 0 bridgehead atoms. The van der Waals surface area contributed by atoms with E-state index in [4.69, 9.17) is 4.74 Å². The highest BCUT2D eigenvalue weighted by molar-refractivity contribution is 6.25. The summed E-state index contributed by atoms with van der Waals surface area (Å²) in [5.74, 6) is -1.81. The van der Waals surface area contributed by atoms with Crippen molar-refractivity contribution in [1.29, 1.82) is 0 Å². The molecule has 1 fully saturated rings. The van der Waals surface area contributed by atoms with Crippen LogP contribution < -0.4 is 5.32 Å². The Morgan fingerprint density at radius 1 is 1.08 bits per heavy atom. The molecular weight excluding hydrogens is 340 g/mol. The molecular formula is C15H11F6NO2. The number of halogens is 6. The summed E-state index contributed by atoms with van der Waals surface area (Å²) < 4.78 is 81.9. The standard InChI is InChI=1S/C15H11F6NO2/c16-14(17,18)8-3-1-2-7(6-8)10-11(23)12(15(19,20)21)24-13(10)22-9-4-5-9/h1-3,6,9,12,22H,4-5H2. The number of carbonyl (C=O) groups is 1. The van der Waals surface area contributed by atoms with Crippen molar-refractivity contribution >= 4 is 11.4 Å². The molecule has 2 aliphatic rings. The fourth-order valence-corrected chi connectivity index (χ4v) is 2.33. The SMILES string of the molecule is O=C1C(c2cccc(C(F)(F)F)c2)=C(NC2CC2)OC1C(F)(F)F. The molecule has 0 saturated heterocycles. The molecule has 1 unspecified atom stereocenters. The van der Waals surface area contributed by atoms with Crippen LogP contribution in [0.15, 0.2) is 30.1 Å². The molecule has 1 heterocycles. The molecule has 0 amide bonds. The number of ether oxygens (including phenoxy) is 1. The third-order valence-corrected chi connectivity index (χ3v) is 3.64. The summed E-state index contributed by atoms with van der Waals surface area (Å²) in [4.78, 5) is 12.1. The molecule has 130 valence electrons. The number of hydrogen-bond acceptors (Lipinski definition) is 3. The highest BCUT2D eigenvalue weighted by Crippen LogP contribution is 2.39. The lowest BCUT2D eigenvalue weighted by Crippen LogP contribution is -2.35. The molecule has 1 aromatic carbocycles. The normalized spacial score (nSPS) is 21.9. The van der Waals surface area contributed by atoms with Gasteiger partial charge in [-0.15, -0.1) is 0 Å². The molecule has 0 aromatic heterocycles. The summed E-state index contributed by atoms with van der Waals surface area (Å²) in [6.45, 7) is 0. The maximum absolute atomic E-state index is 12.9. The Labute approximate surface area is 132 Å². The lowest BCUT2D eigenvalue weighted by molar-refractivity contribution is -0.202. The minimum Gasteiger partial charge on any atom is -0.457 e. The second kappa shape index (κ2) is 5.42. The van der Waals surface area contributed by atoms with Gasteiger partial charge >= 0.3 is 12.4 Å². The van der Waals surface area contributed by atoms with Gasteiger partial charge in [-0.1, -0.05) is 12.1 Å². The summed E-state index contributed by atoms with van der Waals surface area (Å²) in [5, 5.41) is 2.65. The van der Waals surface area contributed by atoms with Crippen LogP contribution in [0.2, 0.25) is 0 Å². The van der Waals surface area contributed by atoms with Gasteiger partial charge in [0.25, 0.3) is 6.10 Å². The topological polar surface area (TPSA) is 38.3 Å². The van der Waals surface area contributed by atoms with Gasteiger partial charge in [-0.2, -0.15) is 26.3 Å². The van der Waals surface area contributed by atoms with Crippen molar-refractivity contribution in [2.75, 3.05) is 0 Å². The Hall–Kier alpha value is -2.19. The van der Waals surface area contributed by atoms with E-state index in [1.165, 1.54) is 0 Å². The smallest absolute Gasteiger partial charge is 0.433 e. The van der Waals surface area contributed by atoms with E-state index in [2.05, 4.69) is 5.32 Å². The minimum absolute atomic E-state index is 0.138. The average molecular weight is 351 g/mol. The fourth-order valence-electron chi connectivity index (χ4n) is 2.33. The molecule has 3 nitrogen and oxygen atoms in total. The maximum atomic E-state index is 12.9. The predicted octanol–water partition coefficient (Wildman–Crippen LogP) is 3.66. The number of benzene rings is 1. The maximum Gasteiger partial charge on any atom is 0.433 e. The zero-order valence-electron chi connectivity index (χ0n) is 12.0. The van der Waals surface area contributed by atoms with Crippen molar-refractivity contribution in [3.63, 3.8) is 0 Å². The van der Waals surface area contributed by atoms with Gasteiger partial charge < -0.3 is 10.1 Å². The molecule has 3 rings (SSSR count). The summed E-state index contributed by atoms with van der Waals surface area (Å²) in [7, 11) is 0. The van der Waals surface area contributed by atoms with Gasteiger partial charge in [0.2, 0.25) is 5.78 Å². The van der Waals surface area contributed by atoms with Crippen LogP contribution in [0.4, 0.5) is 26.3 Å². The summed E-state index contributed by atoms with van der Waals surface area (Å²) in [6.07, 6.45) is -11.0. The van der Waals surface area contributed by atoms with Crippen LogP contribution in [-0.4, -0.2) is 24.1 Å². The van der Waals surface area contributed by atoms with Crippen molar-refractivity contribution in [3.8, 4) is 0 Å². The van der Waals surface area contributed by atoms with E-state index in [0.29, 0.717) is 18.9 Å². The van der Waals surface area contributed by atoms with E-state index < -0.39 is 41.3 Å². The van der Waals surface area contributed by atoms with Gasteiger partial charge in [0.05, 0.1) is 11.1 Å². The van der Waals surface area contributed by atoms with Gasteiger partial charge in [0.1, 0.15) is 0 Å². The van der Waals surface area contributed by atoms with E-state index in [1.54, 1.807) is 0 Å². The summed E-state index contributed by atoms with van der Waals surface area (Å²) in [6, 6.07) is 3.47. The number of hydrogen-bond donors (Lipinski definition) is 1. The highest BCUT2D eigenvalue weighted by atomic mass is 19.4. The molecule has 1 saturated carbocycles. The van der Waals surface area contributed by atoms with Crippen molar-refractivity contribution in [3.05, 3.63) is 41.3 Å². The molecule has 1 atom stereocenters. The number of ketones is 1. The van der Waals surface area contributed by atoms with E-state index >= 15 is 0 Å². The van der Waals surface area contributed by atoms with Crippen LogP contribution in [0, 0.1) is 0 Å². The van der Waals surface area contributed by atoms with E-state index in [-0.39, 0.29) is 11.6 Å². The summed E-state index contributed by atoms with van der Waals surface area (Å²) in [5.41, 5.74) is -1.82. The number of alkyl halides is 6. The predicted molar refractivity (Wildman–Crippen MR) is 70.5 cm³/mol. The third-order valence-electron chi connectivity index (χ3n) is 3.64. The van der Waals surface area contributed by atoms with Gasteiger partial charge in [-0.05, 0) is 30.5 Å². The molecule has 0 spiro atoms. The largest absolute Gasteiger partial charge is 0.457 e. The monoisotopic (exact) mass is 351 g/mol. The van der Waals surface area contributed by atoms with E-state index in [0.717, 1.165) is 18.2 Å². The Bertz CT molecular complexity index is 703. The number of Topliss-reactive ketones (excluding diaryl/α,β-unsaturated/α-hetero) is 1. The zero-order chi connectivity index (χ0) is 17.7. The van der Waals surface area contributed by atoms with Crippen LogP contribution in [0.5, 0.6) is 0 Å². The second-order valence-corrected chi connectivity index (χ2v) is 5.61. The molecule has 1 aromatic rings. The molecule has 9 heteroatoms. The number of nitrogens with one attached hydrogen (secondary N) is 1. The van der Waals surface area contributed by atoms with Gasteiger partial charge in [0.15, 0.2) is 5.88 Å². The van der Waals surface area contributed by atoms with Crippen LogP contribution in [0.25, 0.3) is 5.57 Å². The first-order valence-corrected chi connectivity index (χ1v) is 7.03.